The highest BCUT2D eigenvalue weighted by molar-refractivity contribution is 6.46. The van der Waals surface area contributed by atoms with Crippen LogP contribution in [-0.4, -0.2) is 40.0 Å². The van der Waals surface area contributed by atoms with Gasteiger partial charge in [0.2, 0.25) is 0 Å². The number of aliphatic hydroxyl groups excluding tert-OH is 1. The minimum Gasteiger partial charge on any atom is -0.508 e. The van der Waals surface area contributed by atoms with E-state index in [9.17, 15) is 19.8 Å². The molecule has 2 N–H and O–H groups in total. The largest absolute Gasteiger partial charge is 0.508 e. The van der Waals surface area contributed by atoms with Crippen LogP contribution in [0, 0.1) is 0 Å². The summed E-state index contributed by atoms with van der Waals surface area (Å²) in [7, 11) is 1.52. The number of aliphatic hydroxyl groups is 1. The molecule has 1 atom stereocenters. The Kier molecular flexibility index (Phi) is 5.01. The highest BCUT2D eigenvalue weighted by Crippen LogP contribution is 2.43. The molecule has 6 nitrogen and oxygen atoms in total. The van der Waals surface area contributed by atoms with Crippen LogP contribution in [0.5, 0.6) is 11.5 Å². The number of benzene rings is 2. The average molecular weight is 393 g/mol. The molecule has 0 spiro atoms. The van der Waals surface area contributed by atoms with E-state index >= 15 is 0 Å². The standard InChI is InChI=1S/C23H23NO5/c1-29-18-8-4-5-15(13-18)21(26)19-20(14-9-11-17(25)12-10-14)24(23(28)22(19)27)16-6-2-3-7-16/h4-5,8-13,16,20,25-26H,2-3,6-7H2,1H3/b21-19-. The second-order valence-corrected chi connectivity index (χ2v) is 7.47. The summed E-state index contributed by atoms with van der Waals surface area (Å²) in [5.74, 6) is -0.852. The first-order valence-electron chi connectivity index (χ1n) is 9.74. The number of phenols is 1. The van der Waals surface area contributed by atoms with Gasteiger partial charge >= 0.3 is 0 Å². The Labute approximate surface area is 169 Å². The molecule has 0 bridgehead atoms. The van der Waals surface area contributed by atoms with Gasteiger partial charge in [0.25, 0.3) is 11.7 Å². The van der Waals surface area contributed by atoms with Crippen LogP contribution in [-0.2, 0) is 9.59 Å². The second-order valence-electron chi connectivity index (χ2n) is 7.47. The molecule has 1 amide bonds. The first-order chi connectivity index (χ1) is 14.0. The van der Waals surface area contributed by atoms with Gasteiger partial charge in [-0.05, 0) is 42.7 Å². The second kappa shape index (κ2) is 7.62. The Balaban J connectivity index is 1.88. The molecule has 150 valence electrons. The van der Waals surface area contributed by atoms with E-state index < -0.39 is 17.7 Å². The molecule has 2 aromatic carbocycles. The number of likely N-dealkylation sites (tertiary alicyclic amines) is 1. The van der Waals surface area contributed by atoms with Crippen LogP contribution < -0.4 is 4.74 Å². The first-order valence-corrected chi connectivity index (χ1v) is 9.74. The third-order valence-corrected chi connectivity index (χ3v) is 5.75. The predicted molar refractivity (Wildman–Crippen MR) is 107 cm³/mol. The van der Waals surface area contributed by atoms with Crippen molar-refractivity contribution in [1.82, 2.24) is 4.90 Å². The number of methoxy groups -OCH3 is 1. The Morgan fingerprint density at radius 1 is 1.07 bits per heavy atom. The number of ether oxygens (including phenoxy) is 1. The topological polar surface area (TPSA) is 87.1 Å². The lowest BCUT2D eigenvalue weighted by molar-refractivity contribution is -0.141. The number of hydrogen-bond donors (Lipinski definition) is 2. The third kappa shape index (κ3) is 3.35. The summed E-state index contributed by atoms with van der Waals surface area (Å²) in [5.41, 5.74) is 1.16. The van der Waals surface area contributed by atoms with E-state index in [0.29, 0.717) is 16.9 Å². The Morgan fingerprint density at radius 2 is 1.76 bits per heavy atom. The van der Waals surface area contributed by atoms with Crippen LogP contribution in [0.2, 0.25) is 0 Å². The molecule has 29 heavy (non-hydrogen) atoms. The molecule has 6 heteroatoms. The minimum absolute atomic E-state index is 0.0409. The normalized spacial score (nSPS) is 21.7. The van der Waals surface area contributed by atoms with Crippen molar-refractivity contribution in [2.24, 2.45) is 0 Å². The molecule has 0 aromatic heterocycles. The number of ketones is 1. The number of carbonyl (C=O) groups is 2. The highest BCUT2D eigenvalue weighted by Gasteiger charge is 2.49. The van der Waals surface area contributed by atoms with Gasteiger partial charge in [-0.2, -0.15) is 0 Å². The van der Waals surface area contributed by atoms with Crippen LogP contribution in [0.1, 0.15) is 42.9 Å². The molecule has 1 aliphatic carbocycles. The molecule has 1 heterocycles. The van der Waals surface area contributed by atoms with Crippen LogP contribution >= 0.6 is 0 Å². The van der Waals surface area contributed by atoms with Crippen molar-refractivity contribution < 1.29 is 24.5 Å². The lowest BCUT2D eigenvalue weighted by Gasteiger charge is -2.30. The van der Waals surface area contributed by atoms with Gasteiger partial charge < -0.3 is 19.8 Å². The van der Waals surface area contributed by atoms with Gasteiger partial charge in [-0.1, -0.05) is 37.1 Å². The van der Waals surface area contributed by atoms with E-state index in [0.717, 1.165) is 25.7 Å². The zero-order chi connectivity index (χ0) is 20.5. The molecular weight excluding hydrogens is 370 g/mol. The van der Waals surface area contributed by atoms with E-state index in [1.54, 1.807) is 41.3 Å². The molecule has 2 aromatic rings. The zero-order valence-corrected chi connectivity index (χ0v) is 16.2. The molecule has 4 rings (SSSR count). The Bertz CT molecular complexity index is 973. The van der Waals surface area contributed by atoms with Gasteiger partial charge in [0.15, 0.2) is 0 Å². The smallest absolute Gasteiger partial charge is 0.295 e. The van der Waals surface area contributed by atoms with Gasteiger partial charge in [0.1, 0.15) is 17.3 Å². The molecule has 2 aliphatic rings. The molecule has 1 saturated carbocycles. The fourth-order valence-electron chi connectivity index (χ4n) is 4.32. The van der Waals surface area contributed by atoms with E-state index in [4.69, 9.17) is 4.74 Å². The van der Waals surface area contributed by atoms with E-state index in [-0.39, 0.29) is 23.1 Å². The lowest BCUT2D eigenvalue weighted by atomic mass is 9.94. The van der Waals surface area contributed by atoms with Gasteiger partial charge in [-0.25, -0.2) is 0 Å². The van der Waals surface area contributed by atoms with Crippen molar-refractivity contribution in [3.63, 3.8) is 0 Å². The summed E-state index contributed by atoms with van der Waals surface area (Å²) in [6.45, 7) is 0. The van der Waals surface area contributed by atoms with Crippen molar-refractivity contribution in [3.05, 3.63) is 65.2 Å². The van der Waals surface area contributed by atoms with E-state index in [2.05, 4.69) is 0 Å². The van der Waals surface area contributed by atoms with Crippen molar-refractivity contribution >= 4 is 17.4 Å². The molecular formula is C23H23NO5. The summed E-state index contributed by atoms with van der Waals surface area (Å²) in [6, 6.07) is 12.5. The number of rotatable bonds is 4. The predicted octanol–water partition coefficient (Wildman–Crippen LogP) is 3.77. The summed E-state index contributed by atoms with van der Waals surface area (Å²) < 4.78 is 5.22. The maximum Gasteiger partial charge on any atom is 0.295 e. The van der Waals surface area contributed by atoms with Crippen molar-refractivity contribution in [1.29, 1.82) is 0 Å². The maximum absolute atomic E-state index is 13.0. The monoisotopic (exact) mass is 393 g/mol. The molecule has 0 radical (unpaired) electrons. The number of nitrogens with zero attached hydrogens (tertiary/aromatic N) is 1. The summed E-state index contributed by atoms with van der Waals surface area (Å²) in [5, 5.41) is 20.7. The number of aromatic hydroxyl groups is 1. The average Bonchev–Trinajstić information content (AvgIpc) is 3.35. The van der Waals surface area contributed by atoms with Crippen molar-refractivity contribution in [3.8, 4) is 11.5 Å². The lowest BCUT2D eigenvalue weighted by Crippen LogP contribution is -2.37. The van der Waals surface area contributed by atoms with Crippen LogP contribution in [0.4, 0.5) is 0 Å². The van der Waals surface area contributed by atoms with Gasteiger partial charge in [-0.3, -0.25) is 9.59 Å². The number of phenolic OH excluding ortho intramolecular Hbond substituents is 1. The van der Waals surface area contributed by atoms with E-state index in [1.165, 1.54) is 19.2 Å². The third-order valence-electron chi connectivity index (χ3n) is 5.75. The molecule has 2 fully saturated rings. The fourth-order valence-corrected chi connectivity index (χ4v) is 4.32. The maximum atomic E-state index is 13.0. The van der Waals surface area contributed by atoms with Gasteiger partial charge in [0, 0.05) is 11.6 Å². The highest BCUT2D eigenvalue weighted by atomic mass is 16.5. The molecule has 1 saturated heterocycles. The van der Waals surface area contributed by atoms with Gasteiger partial charge in [-0.15, -0.1) is 0 Å². The molecule has 1 aliphatic heterocycles. The van der Waals surface area contributed by atoms with Crippen molar-refractivity contribution in [2.45, 2.75) is 37.8 Å². The Morgan fingerprint density at radius 3 is 2.41 bits per heavy atom. The summed E-state index contributed by atoms with van der Waals surface area (Å²) in [6.07, 6.45) is 3.68. The zero-order valence-electron chi connectivity index (χ0n) is 16.2. The SMILES string of the molecule is COc1cccc(/C(O)=C2/C(=O)C(=O)N(C3CCCC3)C2c2ccc(O)cc2)c1. The number of carbonyl (C=O) groups excluding carboxylic acids is 2. The summed E-state index contributed by atoms with van der Waals surface area (Å²) >= 11 is 0. The number of hydrogen-bond acceptors (Lipinski definition) is 5. The van der Waals surface area contributed by atoms with E-state index in [1.807, 2.05) is 0 Å². The first kappa shape index (κ1) is 19.1. The van der Waals surface area contributed by atoms with Crippen LogP contribution in [0.15, 0.2) is 54.1 Å². The van der Waals surface area contributed by atoms with Crippen LogP contribution in [0.3, 0.4) is 0 Å². The number of Topliss-reactive ketones (excluding diaryl/α,β-unsaturated/α-hetero) is 1. The summed E-state index contributed by atoms with van der Waals surface area (Å²) in [4.78, 5) is 27.6. The molecule has 1 unspecified atom stereocenters. The van der Waals surface area contributed by atoms with Crippen LogP contribution in [0.25, 0.3) is 5.76 Å². The number of amides is 1. The Hall–Kier alpha value is -3.28. The quantitative estimate of drug-likeness (QED) is 0.469. The minimum atomic E-state index is -0.690. The van der Waals surface area contributed by atoms with Crippen molar-refractivity contribution in [2.75, 3.05) is 7.11 Å². The fraction of sp³-hybridized carbons (Fsp3) is 0.304. The van der Waals surface area contributed by atoms with Gasteiger partial charge in [0.05, 0.1) is 18.7 Å².